The highest BCUT2D eigenvalue weighted by atomic mass is 32.1. The Kier molecular flexibility index (Phi) is 5.05. The molecule has 7 heteroatoms. The molecule has 0 spiro atoms. The van der Waals surface area contributed by atoms with E-state index in [4.69, 9.17) is 5.73 Å². The molecule has 0 radical (unpaired) electrons. The lowest BCUT2D eigenvalue weighted by Gasteiger charge is -2.35. The van der Waals surface area contributed by atoms with E-state index >= 15 is 0 Å². The van der Waals surface area contributed by atoms with Crippen molar-refractivity contribution in [2.75, 3.05) is 18.0 Å². The van der Waals surface area contributed by atoms with E-state index in [1.165, 1.54) is 17.8 Å². The molecule has 3 N–H and O–H groups in total. The van der Waals surface area contributed by atoms with Crippen LogP contribution in [0.15, 0.2) is 53.6 Å². The summed E-state index contributed by atoms with van der Waals surface area (Å²) in [4.78, 5) is 4.71. The van der Waals surface area contributed by atoms with E-state index in [0.717, 1.165) is 26.1 Å². The largest absolute Gasteiger partial charge is 0.375 e. The second kappa shape index (κ2) is 7.62. The van der Waals surface area contributed by atoms with Crippen LogP contribution in [0.5, 0.6) is 0 Å². The number of nitrogens with zero attached hydrogens (tertiary/aromatic N) is 3. The fraction of sp³-hybridized carbons (Fsp3) is 0.300. The minimum absolute atomic E-state index is 0.0801. The topological polar surface area (TPSA) is 56.9 Å². The minimum atomic E-state index is -0.226. The summed E-state index contributed by atoms with van der Waals surface area (Å²) in [5, 5.41) is 3.95. The predicted molar refractivity (Wildman–Crippen MR) is 110 cm³/mol. The lowest BCUT2D eigenvalue weighted by atomic mass is 10.1. The SMILES string of the molecule is NC(=S)N/N=C/c1ccc(N2C[C@@H]3C[C@H]2CN3Cc2ccccc2)c(F)c1. The number of hydrazone groups is 1. The third-order valence-corrected chi connectivity index (χ3v) is 5.34. The minimum Gasteiger partial charge on any atom is -0.375 e. The zero-order valence-corrected chi connectivity index (χ0v) is 15.7. The Bertz CT molecular complexity index is 857. The number of fused-ring (bicyclic) bond motifs is 2. The Balaban J connectivity index is 1.41. The maximum atomic E-state index is 14.7. The Morgan fingerprint density at radius 2 is 2.04 bits per heavy atom. The van der Waals surface area contributed by atoms with Crippen LogP contribution in [0.25, 0.3) is 0 Å². The highest BCUT2D eigenvalue weighted by molar-refractivity contribution is 7.80. The molecule has 2 aromatic carbocycles. The van der Waals surface area contributed by atoms with Gasteiger partial charge in [-0.25, -0.2) is 4.39 Å². The van der Waals surface area contributed by atoms with Gasteiger partial charge >= 0.3 is 0 Å². The number of anilines is 1. The molecule has 0 aliphatic carbocycles. The highest BCUT2D eigenvalue weighted by Crippen LogP contribution is 2.36. The van der Waals surface area contributed by atoms with Crippen molar-refractivity contribution >= 4 is 29.2 Å². The molecule has 4 rings (SSSR count). The van der Waals surface area contributed by atoms with E-state index in [9.17, 15) is 4.39 Å². The zero-order valence-electron chi connectivity index (χ0n) is 14.9. The number of likely N-dealkylation sites (tertiary alicyclic amines) is 1. The third-order valence-electron chi connectivity index (χ3n) is 5.25. The van der Waals surface area contributed by atoms with Crippen molar-refractivity contribution in [1.29, 1.82) is 0 Å². The van der Waals surface area contributed by atoms with Crippen LogP contribution in [-0.4, -0.2) is 41.4 Å². The van der Waals surface area contributed by atoms with Crippen LogP contribution in [-0.2, 0) is 6.54 Å². The smallest absolute Gasteiger partial charge is 0.184 e. The van der Waals surface area contributed by atoms with Crippen LogP contribution in [0.3, 0.4) is 0 Å². The van der Waals surface area contributed by atoms with E-state index in [0.29, 0.717) is 23.3 Å². The summed E-state index contributed by atoms with van der Waals surface area (Å²) in [6.07, 6.45) is 2.59. The van der Waals surface area contributed by atoms with Crippen LogP contribution in [0.1, 0.15) is 17.5 Å². The summed E-state index contributed by atoms with van der Waals surface area (Å²) in [7, 11) is 0. The van der Waals surface area contributed by atoms with Gasteiger partial charge in [-0.15, -0.1) is 0 Å². The average molecular weight is 383 g/mol. The molecule has 2 fully saturated rings. The standard InChI is InChI=1S/C20H22FN5S/c21-18-8-15(10-23-24-20(22)27)6-7-19(18)26-13-16-9-17(26)12-25(16)11-14-4-2-1-3-5-14/h1-8,10,16-17H,9,11-13H2,(H3,22,24,27)/b23-10+/t16-,17-/m0/s1. The number of halogens is 1. The normalized spacial score (nSPS) is 21.9. The van der Waals surface area contributed by atoms with Crippen LogP contribution in [0.4, 0.5) is 10.1 Å². The van der Waals surface area contributed by atoms with Gasteiger partial charge in [-0.2, -0.15) is 5.10 Å². The summed E-state index contributed by atoms with van der Waals surface area (Å²) in [6.45, 7) is 2.80. The molecule has 2 aromatic rings. The van der Waals surface area contributed by atoms with Crippen molar-refractivity contribution in [1.82, 2.24) is 10.3 Å². The number of piperazine rings is 1. The highest BCUT2D eigenvalue weighted by Gasteiger charge is 2.43. The van der Waals surface area contributed by atoms with Crippen molar-refractivity contribution in [3.63, 3.8) is 0 Å². The zero-order chi connectivity index (χ0) is 18.8. The van der Waals surface area contributed by atoms with Gasteiger partial charge in [0.05, 0.1) is 11.9 Å². The number of thiocarbonyl (C=S) groups is 1. The average Bonchev–Trinajstić information content (AvgIpc) is 3.23. The fourth-order valence-corrected chi connectivity index (χ4v) is 4.12. The van der Waals surface area contributed by atoms with Gasteiger partial charge in [-0.05, 0) is 41.9 Å². The van der Waals surface area contributed by atoms with E-state index in [-0.39, 0.29) is 10.9 Å². The molecular weight excluding hydrogens is 361 g/mol. The molecule has 2 saturated heterocycles. The number of rotatable bonds is 5. The van der Waals surface area contributed by atoms with Gasteiger partial charge in [-0.3, -0.25) is 10.3 Å². The van der Waals surface area contributed by atoms with Gasteiger partial charge in [0.2, 0.25) is 0 Å². The first-order valence-corrected chi connectivity index (χ1v) is 9.43. The van der Waals surface area contributed by atoms with Crippen molar-refractivity contribution in [3.05, 3.63) is 65.5 Å². The molecular formula is C20H22FN5S. The summed E-state index contributed by atoms with van der Waals surface area (Å²) < 4.78 is 14.7. The molecule has 2 bridgehead atoms. The lowest BCUT2D eigenvalue weighted by molar-refractivity contribution is 0.230. The maximum Gasteiger partial charge on any atom is 0.184 e. The van der Waals surface area contributed by atoms with Gasteiger partial charge in [0.1, 0.15) is 5.82 Å². The summed E-state index contributed by atoms with van der Waals surface area (Å²) >= 11 is 4.68. The fourth-order valence-electron chi connectivity index (χ4n) is 4.06. The van der Waals surface area contributed by atoms with Gasteiger partial charge in [0.15, 0.2) is 5.11 Å². The number of nitrogens with one attached hydrogen (secondary N) is 1. The maximum absolute atomic E-state index is 14.7. The van der Waals surface area contributed by atoms with Crippen molar-refractivity contribution in [2.24, 2.45) is 10.8 Å². The Labute approximate surface area is 163 Å². The lowest BCUT2D eigenvalue weighted by Crippen LogP contribution is -2.46. The monoisotopic (exact) mass is 383 g/mol. The molecule has 5 nitrogen and oxygen atoms in total. The van der Waals surface area contributed by atoms with Crippen molar-refractivity contribution < 1.29 is 4.39 Å². The second-order valence-corrected chi connectivity index (χ2v) is 7.50. The quantitative estimate of drug-likeness (QED) is 0.472. The number of benzene rings is 2. The van der Waals surface area contributed by atoms with E-state index in [2.05, 4.69) is 56.8 Å². The van der Waals surface area contributed by atoms with E-state index in [1.54, 1.807) is 0 Å². The molecule has 0 amide bonds. The first-order valence-electron chi connectivity index (χ1n) is 9.03. The van der Waals surface area contributed by atoms with Crippen LogP contribution in [0.2, 0.25) is 0 Å². The Morgan fingerprint density at radius 1 is 1.22 bits per heavy atom. The third kappa shape index (κ3) is 3.94. The van der Waals surface area contributed by atoms with Crippen LogP contribution >= 0.6 is 12.2 Å². The molecule has 0 saturated carbocycles. The molecule has 140 valence electrons. The number of nitrogens with two attached hydrogens (primary N) is 1. The van der Waals surface area contributed by atoms with Gasteiger partial charge in [-0.1, -0.05) is 36.4 Å². The molecule has 2 aliphatic rings. The second-order valence-electron chi connectivity index (χ2n) is 7.06. The summed E-state index contributed by atoms with van der Waals surface area (Å²) in [6, 6.07) is 16.5. The van der Waals surface area contributed by atoms with Crippen molar-refractivity contribution in [3.8, 4) is 0 Å². The predicted octanol–water partition coefficient (Wildman–Crippen LogP) is 2.46. The Morgan fingerprint density at radius 3 is 2.70 bits per heavy atom. The number of hydrogen-bond acceptors (Lipinski definition) is 4. The molecule has 2 aliphatic heterocycles. The summed E-state index contributed by atoms with van der Waals surface area (Å²) in [5.41, 5.74) is 10.4. The van der Waals surface area contributed by atoms with Gasteiger partial charge < -0.3 is 10.6 Å². The van der Waals surface area contributed by atoms with Crippen LogP contribution < -0.4 is 16.1 Å². The first kappa shape index (κ1) is 17.9. The van der Waals surface area contributed by atoms with Crippen LogP contribution in [0, 0.1) is 5.82 Å². The molecule has 0 aromatic heterocycles. The molecule has 2 heterocycles. The van der Waals surface area contributed by atoms with E-state index in [1.807, 2.05) is 18.2 Å². The summed E-state index contributed by atoms with van der Waals surface area (Å²) in [5.74, 6) is -0.226. The van der Waals surface area contributed by atoms with E-state index < -0.39 is 0 Å². The van der Waals surface area contributed by atoms with Gasteiger partial charge in [0, 0.05) is 31.7 Å². The molecule has 0 unspecified atom stereocenters. The number of hydrogen-bond donors (Lipinski definition) is 2. The Hall–Kier alpha value is -2.51. The first-order chi connectivity index (χ1) is 13.1. The van der Waals surface area contributed by atoms with Gasteiger partial charge in [0.25, 0.3) is 0 Å². The molecule has 2 atom stereocenters. The molecule has 27 heavy (non-hydrogen) atoms. The van der Waals surface area contributed by atoms with Crippen molar-refractivity contribution in [2.45, 2.75) is 25.0 Å².